The first kappa shape index (κ1) is 33.4. The van der Waals surface area contributed by atoms with Gasteiger partial charge in [0.15, 0.2) is 0 Å². The fourth-order valence-electron chi connectivity index (χ4n) is 2.13. The van der Waals surface area contributed by atoms with E-state index in [1.54, 1.807) is 0 Å². The zero-order valence-corrected chi connectivity index (χ0v) is 18.8. The van der Waals surface area contributed by atoms with E-state index in [1.807, 2.05) is 27.7 Å². The largest absolute Gasteiger partial charge is 0.550 e. The molecule has 0 radical (unpaired) electrons. The van der Waals surface area contributed by atoms with E-state index in [-0.39, 0.29) is 18.0 Å². The van der Waals surface area contributed by atoms with Crippen LogP contribution in [0.25, 0.3) is 0 Å². The highest BCUT2D eigenvalue weighted by Gasteiger charge is 2.05. The predicted molar refractivity (Wildman–Crippen MR) is 106 cm³/mol. The summed E-state index contributed by atoms with van der Waals surface area (Å²) in [4.78, 5) is 20.7. The molecular formula is C20H46N2O5. The molecule has 7 nitrogen and oxygen atoms in total. The Labute approximate surface area is 166 Å². The molecule has 7 heteroatoms. The number of quaternary nitrogens is 2. The van der Waals surface area contributed by atoms with Crippen molar-refractivity contribution in [3.63, 3.8) is 0 Å². The minimum absolute atomic E-state index is 0. The summed E-state index contributed by atoms with van der Waals surface area (Å²) in [5.74, 6) is -2.23. The van der Waals surface area contributed by atoms with Crippen molar-refractivity contribution in [3.8, 4) is 0 Å². The van der Waals surface area contributed by atoms with Crippen molar-refractivity contribution < 1.29 is 30.1 Å². The van der Waals surface area contributed by atoms with Crippen LogP contribution in [0.2, 0.25) is 0 Å². The fourth-order valence-corrected chi connectivity index (χ4v) is 2.13. The van der Waals surface area contributed by atoms with Gasteiger partial charge in [0.25, 0.3) is 0 Å². The van der Waals surface area contributed by atoms with Crippen molar-refractivity contribution in [2.24, 2.45) is 11.8 Å². The lowest BCUT2D eigenvalue weighted by Gasteiger charge is -2.14. The predicted octanol–water partition coefficient (Wildman–Crippen LogP) is 1.58. The molecule has 0 aromatic heterocycles. The van der Waals surface area contributed by atoms with E-state index in [2.05, 4.69) is 13.8 Å². The van der Waals surface area contributed by atoms with Gasteiger partial charge >= 0.3 is 0 Å². The van der Waals surface area contributed by atoms with E-state index in [0.717, 1.165) is 51.6 Å². The number of hydrogen-bond acceptors (Lipinski definition) is 5. The van der Waals surface area contributed by atoms with E-state index in [0.29, 0.717) is 17.9 Å². The van der Waals surface area contributed by atoms with E-state index in [4.69, 9.17) is 5.21 Å². The molecule has 0 saturated heterocycles. The molecule has 0 aromatic rings. The maximum atomic E-state index is 10.3. The lowest BCUT2D eigenvalue weighted by Crippen LogP contribution is -3.08. The van der Waals surface area contributed by atoms with Gasteiger partial charge in [-0.05, 0) is 51.4 Å². The monoisotopic (exact) mass is 394 g/mol. The van der Waals surface area contributed by atoms with Gasteiger partial charge in [-0.1, -0.05) is 53.4 Å². The Morgan fingerprint density at radius 3 is 1.19 bits per heavy atom. The SMILES string of the molecule is CCCCC(CC)C(=O)[O-].CCCCC(CC)C(=O)[O-].CC[NH+](O)CC.[NH4+]. The van der Waals surface area contributed by atoms with Gasteiger partial charge in [0.1, 0.15) is 13.1 Å². The van der Waals surface area contributed by atoms with Crippen molar-refractivity contribution in [1.29, 1.82) is 0 Å². The number of nitrogens with one attached hydrogen (secondary N) is 1. The summed E-state index contributed by atoms with van der Waals surface area (Å²) in [6, 6.07) is 0. The van der Waals surface area contributed by atoms with Gasteiger partial charge in [0.05, 0.1) is 0 Å². The van der Waals surface area contributed by atoms with Gasteiger partial charge in [-0.25, -0.2) is 5.21 Å². The van der Waals surface area contributed by atoms with Gasteiger partial charge in [-0.2, -0.15) is 5.06 Å². The average molecular weight is 395 g/mol. The summed E-state index contributed by atoms with van der Waals surface area (Å²) in [7, 11) is 0. The third-order valence-electron chi connectivity index (χ3n) is 4.28. The van der Waals surface area contributed by atoms with Crippen molar-refractivity contribution in [2.45, 2.75) is 92.9 Å². The molecule has 0 rings (SSSR count). The van der Waals surface area contributed by atoms with Crippen LogP contribution >= 0.6 is 0 Å². The van der Waals surface area contributed by atoms with Gasteiger partial charge in [0.2, 0.25) is 0 Å². The molecule has 0 aliphatic heterocycles. The summed E-state index contributed by atoms with van der Waals surface area (Å²) < 4.78 is 0. The number of carbonyl (C=O) groups is 2. The zero-order chi connectivity index (χ0) is 21.0. The minimum Gasteiger partial charge on any atom is -0.550 e. The molecule has 0 spiro atoms. The first-order chi connectivity index (χ1) is 12.2. The van der Waals surface area contributed by atoms with E-state index < -0.39 is 11.9 Å². The second kappa shape index (κ2) is 24.8. The quantitative estimate of drug-likeness (QED) is 0.431. The van der Waals surface area contributed by atoms with Crippen molar-refractivity contribution in [3.05, 3.63) is 0 Å². The number of carboxylic acid groups (broad SMARTS) is 2. The summed E-state index contributed by atoms with van der Waals surface area (Å²) in [6.07, 6.45) is 7.04. The normalized spacial score (nSPS) is 11.9. The summed E-state index contributed by atoms with van der Waals surface area (Å²) >= 11 is 0. The molecular weight excluding hydrogens is 348 g/mol. The number of rotatable bonds is 12. The Bertz CT molecular complexity index is 297. The molecule has 0 aromatic carbocycles. The van der Waals surface area contributed by atoms with Crippen LogP contribution < -0.4 is 21.4 Å². The highest BCUT2D eigenvalue weighted by molar-refractivity contribution is 5.67. The molecule has 0 aliphatic carbocycles. The Hall–Kier alpha value is -1.18. The van der Waals surface area contributed by atoms with E-state index in [1.165, 1.54) is 0 Å². The van der Waals surface area contributed by atoms with Crippen LogP contribution in [0.1, 0.15) is 92.9 Å². The maximum absolute atomic E-state index is 10.3. The van der Waals surface area contributed by atoms with Gasteiger partial charge in [-0.15, -0.1) is 0 Å². The zero-order valence-electron chi connectivity index (χ0n) is 18.8. The van der Waals surface area contributed by atoms with Crippen LogP contribution in [-0.2, 0) is 9.59 Å². The van der Waals surface area contributed by atoms with Crippen molar-refractivity contribution in [1.82, 2.24) is 6.15 Å². The average Bonchev–Trinajstić information content (AvgIpc) is 2.62. The number of aliphatic carboxylic acids is 2. The molecule has 0 saturated carbocycles. The Morgan fingerprint density at radius 1 is 0.778 bits per heavy atom. The molecule has 0 heterocycles. The second-order valence-corrected chi connectivity index (χ2v) is 6.41. The number of unbranched alkanes of at least 4 members (excludes halogenated alkanes) is 2. The molecule has 2 unspecified atom stereocenters. The van der Waals surface area contributed by atoms with Crippen LogP contribution in [0.5, 0.6) is 0 Å². The lowest BCUT2D eigenvalue weighted by atomic mass is 10.00. The summed E-state index contributed by atoms with van der Waals surface area (Å²) in [6.45, 7) is 13.4. The molecule has 0 fully saturated rings. The summed E-state index contributed by atoms with van der Waals surface area (Å²) in [5, 5.41) is 29.8. The highest BCUT2D eigenvalue weighted by Crippen LogP contribution is 2.11. The van der Waals surface area contributed by atoms with Crippen LogP contribution in [0.15, 0.2) is 0 Å². The van der Waals surface area contributed by atoms with Gasteiger partial charge in [0, 0.05) is 11.9 Å². The minimum atomic E-state index is -0.893. The second-order valence-electron chi connectivity index (χ2n) is 6.41. The standard InChI is InChI=1S/2C8H16O2.C4H11NO.H3N/c2*1-3-5-6-7(4-2)8(9)10;1-3-5(6)4-2;/h2*7H,3-6H2,1-2H3,(H,9,10);6H,3-4H2,1-2H3;1H3. The molecule has 0 bridgehead atoms. The van der Waals surface area contributed by atoms with Crippen molar-refractivity contribution >= 4 is 11.9 Å². The lowest BCUT2D eigenvalue weighted by molar-refractivity contribution is -1.08. The first-order valence-corrected chi connectivity index (χ1v) is 10.2. The smallest absolute Gasteiger partial charge is 0.104 e. The fraction of sp³-hybridized carbons (Fsp3) is 0.900. The molecule has 0 amide bonds. The number of carboxylic acids is 2. The van der Waals surface area contributed by atoms with Crippen LogP contribution in [-0.4, -0.2) is 30.2 Å². The maximum Gasteiger partial charge on any atom is 0.104 e. The first-order valence-electron chi connectivity index (χ1n) is 10.2. The third-order valence-corrected chi connectivity index (χ3v) is 4.28. The molecule has 166 valence electrons. The Balaban J connectivity index is -0.000000149. The molecule has 2 atom stereocenters. The number of hydrogen-bond donors (Lipinski definition) is 3. The topological polar surface area (TPSA) is 141 Å². The van der Waals surface area contributed by atoms with Crippen molar-refractivity contribution in [2.75, 3.05) is 13.1 Å². The Kier molecular flexibility index (Phi) is 30.7. The highest BCUT2D eigenvalue weighted by atomic mass is 16.5. The van der Waals surface area contributed by atoms with E-state index >= 15 is 0 Å². The Morgan fingerprint density at radius 2 is 1.07 bits per heavy atom. The van der Waals surface area contributed by atoms with Crippen LogP contribution in [0.3, 0.4) is 0 Å². The van der Waals surface area contributed by atoms with E-state index in [9.17, 15) is 19.8 Å². The number of carbonyl (C=O) groups excluding carboxylic acids is 2. The molecule has 6 N–H and O–H groups in total. The van der Waals surface area contributed by atoms with Crippen LogP contribution in [0.4, 0.5) is 0 Å². The summed E-state index contributed by atoms with van der Waals surface area (Å²) in [5.41, 5.74) is 0. The third kappa shape index (κ3) is 24.8. The van der Waals surface area contributed by atoms with Gasteiger partial charge < -0.3 is 26.0 Å². The molecule has 27 heavy (non-hydrogen) atoms. The van der Waals surface area contributed by atoms with Crippen LogP contribution in [0, 0.1) is 11.8 Å². The number of hydroxylamine groups is 2. The molecule has 0 aliphatic rings. The van der Waals surface area contributed by atoms with Gasteiger partial charge in [-0.3, -0.25) is 0 Å².